The summed E-state index contributed by atoms with van der Waals surface area (Å²) < 4.78 is 31.0. The molecule has 2 aromatic rings. The molecule has 1 heterocycles. The fourth-order valence-electron chi connectivity index (χ4n) is 1.95. The van der Waals surface area contributed by atoms with Crippen LogP contribution >= 0.6 is 11.3 Å². The van der Waals surface area contributed by atoms with Crippen LogP contribution in [0.15, 0.2) is 34.5 Å². The summed E-state index contributed by atoms with van der Waals surface area (Å²) in [5.74, 6) is 0.380. The van der Waals surface area contributed by atoms with Crippen LogP contribution in [0.2, 0.25) is 0 Å². The molecule has 0 aliphatic rings. The van der Waals surface area contributed by atoms with E-state index < -0.39 is 10.0 Å². The fourth-order valence-corrected chi connectivity index (χ4v) is 4.01. The Bertz CT molecular complexity index is 813. The average molecular weight is 354 g/mol. The summed E-state index contributed by atoms with van der Waals surface area (Å²) in [6.45, 7) is 2.26. The third-order valence-corrected chi connectivity index (χ3v) is 6.21. The van der Waals surface area contributed by atoms with Gasteiger partial charge in [-0.3, -0.25) is 4.79 Å². The highest BCUT2D eigenvalue weighted by molar-refractivity contribution is 7.91. The van der Waals surface area contributed by atoms with Crippen molar-refractivity contribution in [1.82, 2.24) is 10.0 Å². The van der Waals surface area contributed by atoms with Gasteiger partial charge in [0.2, 0.25) is 10.0 Å². The first-order valence-corrected chi connectivity index (χ1v) is 9.12. The quantitative estimate of drug-likeness (QED) is 0.830. The lowest BCUT2D eigenvalue weighted by Gasteiger charge is -2.10. The molecule has 0 saturated carbocycles. The van der Waals surface area contributed by atoms with E-state index in [0.29, 0.717) is 17.2 Å². The van der Waals surface area contributed by atoms with E-state index in [1.54, 1.807) is 7.11 Å². The molecule has 0 radical (unpaired) electrons. The van der Waals surface area contributed by atoms with Crippen molar-refractivity contribution in [3.63, 3.8) is 0 Å². The van der Waals surface area contributed by atoms with Crippen molar-refractivity contribution in [3.8, 4) is 5.75 Å². The number of carbonyl (C=O) groups excluding carboxylic acids is 1. The first-order valence-electron chi connectivity index (χ1n) is 6.82. The molecule has 2 rings (SSSR count). The van der Waals surface area contributed by atoms with Crippen LogP contribution in [0.4, 0.5) is 0 Å². The van der Waals surface area contributed by atoms with Gasteiger partial charge in [0, 0.05) is 12.1 Å². The predicted octanol–water partition coefficient (Wildman–Crippen LogP) is 1.90. The van der Waals surface area contributed by atoms with E-state index in [4.69, 9.17) is 4.74 Å². The van der Waals surface area contributed by atoms with Gasteiger partial charge in [0.1, 0.15) is 9.96 Å². The maximum absolute atomic E-state index is 12.2. The number of benzene rings is 1. The van der Waals surface area contributed by atoms with Crippen LogP contribution < -0.4 is 14.8 Å². The number of aryl methyl sites for hydroxylation is 1. The lowest BCUT2D eigenvalue weighted by atomic mass is 10.1. The van der Waals surface area contributed by atoms with E-state index in [9.17, 15) is 13.2 Å². The van der Waals surface area contributed by atoms with Crippen molar-refractivity contribution >= 4 is 27.3 Å². The lowest BCUT2D eigenvalue weighted by Crippen LogP contribution is -2.22. The molecule has 1 aromatic carbocycles. The fraction of sp³-hybridized carbons (Fsp3) is 0.267. The molecule has 0 spiro atoms. The molecule has 0 atom stereocenters. The average Bonchev–Trinajstić information content (AvgIpc) is 3.04. The topological polar surface area (TPSA) is 84.5 Å². The Morgan fingerprint density at radius 1 is 1.26 bits per heavy atom. The molecule has 6 nitrogen and oxygen atoms in total. The third kappa shape index (κ3) is 4.10. The summed E-state index contributed by atoms with van der Waals surface area (Å²) in [5.41, 5.74) is 1.92. The third-order valence-electron chi connectivity index (χ3n) is 3.22. The molecule has 0 fully saturated rings. The first-order chi connectivity index (χ1) is 10.9. The van der Waals surface area contributed by atoms with Gasteiger partial charge in [-0.05, 0) is 37.7 Å². The molecular weight excluding hydrogens is 336 g/mol. The molecule has 8 heteroatoms. The van der Waals surface area contributed by atoms with Crippen molar-refractivity contribution in [2.45, 2.75) is 17.7 Å². The van der Waals surface area contributed by atoms with Crippen molar-refractivity contribution < 1.29 is 17.9 Å². The molecule has 0 saturated heterocycles. The van der Waals surface area contributed by atoms with Crippen LogP contribution in [0.1, 0.15) is 20.8 Å². The molecule has 2 N–H and O–H groups in total. The van der Waals surface area contributed by atoms with Crippen molar-refractivity contribution in [2.24, 2.45) is 0 Å². The van der Waals surface area contributed by atoms with Gasteiger partial charge >= 0.3 is 0 Å². The van der Waals surface area contributed by atoms with Crippen LogP contribution in [-0.4, -0.2) is 28.5 Å². The second-order valence-corrected chi connectivity index (χ2v) is 8.02. The van der Waals surface area contributed by atoms with E-state index >= 15 is 0 Å². The largest absolute Gasteiger partial charge is 0.496 e. The van der Waals surface area contributed by atoms with Gasteiger partial charge in [0.25, 0.3) is 5.91 Å². The van der Waals surface area contributed by atoms with Crippen LogP contribution in [0.3, 0.4) is 0 Å². The molecule has 0 bridgehead atoms. The highest BCUT2D eigenvalue weighted by atomic mass is 32.2. The van der Waals surface area contributed by atoms with Crippen LogP contribution in [0.5, 0.6) is 5.75 Å². The molecule has 1 amide bonds. The number of carbonyl (C=O) groups is 1. The second-order valence-electron chi connectivity index (χ2n) is 4.82. The number of methoxy groups -OCH3 is 1. The minimum Gasteiger partial charge on any atom is -0.496 e. The van der Waals surface area contributed by atoms with Gasteiger partial charge < -0.3 is 10.1 Å². The molecule has 0 unspecified atom stereocenters. The maximum Gasteiger partial charge on any atom is 0.261 e. The highest BCUT2D eigenvalue weighted by Gasteiger charge is 2.17. The molecule has 23 heavy (non-hydrogen) atoms. The van der Waals surface area contributed by atoms with Crippen molar-refractivity contribution in [3.05, 3.63) is 46.3 Å². The Morgan fingerprint density at radius 2 is 2.00 bits per heavy atom. The Kier molecular flexibility index (Phi) is 5.40. The van der Waals surface area contributed by atoms with E-state index in [1.165, 1.54) is 19.2 Å². The van der Waals surface area contributed by atoms with E-state index in [1.807, 2.05) is 25.1 Å². The Balaban J connectivity index is 2.09. The SMILES string of the molecule is CNS(=O)(=O)c1ccc(C(=O)NCc2ccc(C)cc2OC)s1. The standard InChI is InChI=1S/C15H18N2O4S2/c1-10-4-5-11(12(8-10)21-3)9-17-15(18)13-6-7-14(22-13)23(19,20)16-2/h4-8,16H,9H2,1-3H3,(H,17,18). The summed E-state index contributed by atoms with van der Waals surface area (Å²) in [6.07, 6.45) is 0. The lowest BCUT2D eigenvalue weighted by molar-refractivity contribution is 0.0954. The zero-order valence-electron chi connectivity index (χ0n) is 13.0. The summed E-state index contributed by atoms with van der Waals surface area (Å²) in [5, 5.41) is 2.77. The van der Waals surface area contributed by atoms with E-state index in [0.717, 1.165) is 22.5 Å². The summed E-state index contributed by atoms with van der Waals surface area (Å²) in [7, 11) is -0.615. The molecule has 0 aliphatic carbocycles. The smallest absolute Gasteiger partial charge is 0.261 e. The zero-order chi connectivity index (χ0) is 17.0. The number of rotatable bonds is 6. The number of nitrogens with one attached hydrogen (secondary N) is 2. The Morgan fingerprint density at radius 3 is 2.65 bits per heavy atom. The van der Waals surface area contributed by atoms with Crippen LogP contribution in [0, 0.1) is 6.92 Å². The summed E-state index contributed by atoms with van der Waals surface area (Å²) in [6, 6.07) is 8.63. The van der Waals surface area contributed by atoms with E-state index in [2.05, 4.69) is 10.0 Å². The number of sulfonamides is 1. The van der Waals surface area contributed by atoms with Gasteiger partial charge in [-0.2, -0.15) is 0 Å². The molecule has 0 aliphatic heterocycles. The van der Waals surface area contributed by atoms with Crippen molar-refractivity contribution in [2.75, 3.05) is 14.2 Å². The highest BCUT2D eigenvalue weighted by Crippen LogP contribution is 2.22. The van der Waals surface area contributed by atoms with Gasteiger partial charge in [-0.25, -0.2) is 13.1 Å². The normalized spacial score (nSPS) is 11.3. The summed E-state index contributed by atoms with van der Waals surface area (Å²) in [4.78, 5) is 12.5. The predicted molar refractivity (Wildman–Crippen MR) is 89.5 cm³/mol. The number of ether oxygens (including phenoxy) is 1. The second kappa shape index (κ2) is 7.12. The molecular formula is C15H18N2O4S2. The number of hydrogen-bond acceptors (Lipinski definition) is 5. The first kappa shape index (κ1) is 17.5. The monoisotopic (exact) mass is 354 g/mol. The Hall–Kier alpha value is -1.90. The van der Waals surface area contributed by atoms with Crippen molar-refractivity contribution in [1.29, 1.82) is 0 Å². The van der Waals surface area contributed by atoms with E-state index in [-0.39, 0.29) is 10.1 Å². The van der Waals surface area contributed by atoms with Gasteiger partial charge in [0.05, 0.1) is 12.0 Å². The van der Waals surface area contributed by atoms with Gasteiger partial charge in [-0.1, -0.05) is 12.1 Å². The number of amides is 1. The van der Waals surface area contributed by atoms with Crippen LogP contribution in [-0.2, 0) is 16.6 Å². The number of thiophene rings is 1. The van der Waals surface area contributed by atoms with Crippen LogP contribution in [0.25, 0.3) is 0 Å². The maximum atomic E-state index is 12.2. The zero-order valence-corrected chi connectivity index (χ0v) is 14.7. The molecule has 124 valence electrons. The number of hydrogen-bond donors (Lipinski definition) is 2. The minimum atomic E-state index is -3.52. The summed E-state index contributed by atoms with van der Waals surface area (Å²) >= 11 is 0.926. The Labute approximate surface area is 139 Å². The van der Waals surface area contributed by atoms with Gasteiger partial charge in [0.15, 0.2) is 0 Å². The van der Waals surface area contributed by atoms with Gasteiger partial charge in [-0.15, -0.1) is 11.3 Å². The minimum absolute atomic E-state index is 0.109. The molecule has 1 aromatic heterocycles.